The van der Waals surface area contributed by atoms with Crippen molar-refractivity contribution in [2.75, 3.05) is 13.7 Å². The summed E-state index contributed by atoms with van der Waals surface area (Å²) in [6.07, 6.45) is 2.86. The van der Waals surface area contributed by atoms with Crippen LogP contribution in [0.4, 0.5) is 0 Å². The van der Waals surface area contributed by atoms with Gasteiger partial charge in [-0.3, -0.25) is 5.10 Å². The van der Waals surface area contributed by atoms with E-state index in [2.05, 4.69) is 14.9 Å². The number of aliphatic hydroxyl groups excluding tert-OH is 1. The van der Waals surface area contributed by atoms with Crippen molar-refractivity contribution in [3.63, 3.8) is 0 Å². The SMILES string of the molecule is COC(=O)c1cc(-c2cc(CCCO)[nH]n2)co1. The van der Waals surface area contributed by atoms with E-state index in [0.717, 1.165) is 12.1 Å². The van der Waals surface area contributed by atoms with Crippen LogP contribution < -0.4 is 0 Å². The van der Waals surface area contributed by atoms with Gasteiger partial charge in [-0.25, -0.2) is 4.79 Å². The molecule has 2 N–H and O–H groups in total. The molecule has 0 aromatic carbocycles. The van der Waals surface area contributed by atoms with Gasteiger partial charge in [0, 0.05) is 23.9 Å². The Labute approximate surface area is 104 Å². The van der Waals surface area contributed by atoms with Gasteiger partial charge in [0.1, 0.15) is 6.26 Å². The van der Waals surface area contributed by atoms with Crippen LogP contribution >= 0.6 is 0 Å². The van der Waals surface area contributed by atoms with Gasteiger partial charge in [-0.1, -0.05) is 0 Å². The van der Waals surface area contributed by atoms with Crippen molar-refractivity contribution in [2.24, 2.45) is 0 Å². The first-order valence-corrected chi connectivity index (χ1v) is 5.57. The Morgan fingerprint density at radius 3 is 3.11 bits per heavy atom. The number of aromatic amines is 1. The van der Waals surface area contributed by atoms with Gasteiger partial charge in [-0.15, -0.1) is 0 Å². The van der Waals surface area contributed by atoms with Crippen molar-refractivity contribution in [1.29, 1.82) is 0 Å². The summed E-state index contributed by atoms with van der Waals surface area (Å²) in [5.41, 5.74) is 2.34. The largest absolute Gasteiger partial charge is 0.463 e. The highest BCUT2D eigenvalue weighted by Crippen LogP contribution is 2.21. The smallest absolute Gasteiger partial charge is 0.373 e. The van der Waals surface area contributed by atoms with Crippen LogP contribution in [0.2, 0.25) is 0 Å². The van der Waals surface area contributed by atoms with E-state index in [1.807, 2.05) is 6.07 Å². The Morgan fingerprint density at radius 2 is 2.39 bits per heavy atom. The Bertz CT molecular complexity index is 530. The molecule has 96 valence electrons. The van der Waals surface area contributed by atoms with Crippen molar-refractivity contribution in [3.8, 4) is 11.3 Å². The molecule has 2 aromatic heterocycles. The number of hydrogen-bond donors (Lipinski definition) is 2. The van der Waals surface area contributed by atoms with Crippen LogP contribution in [0.3, 0.4) is 0 Å². The van der Waals surface area contributed by atoms with Crippen molar-refractivity contribution >= 4 is 5.97 Å². The highest BCUT2D eigenvalue weighted by molar-refractivity contribution is 5.87. The van der Waals surface area contributed by atoms with E-state index in [4.69, 9.17) is 9.52 Å². The lowest BCUT2D eigenvalue weighted by Gasteiger charge is -1.91. The van der Waals surface area contributed by atoms with Crippen LogP contribution in [-0.4, -0.2) is 35.0 Å². The van der Waals surface area contributed by atoms with Gasteiger partial charge in [-0.2, -0.15) is 5.10 Å². The molecule has 18 heavy (non-hydrogen) atoms. The van der Waals surface area contributed by atoms with E-state index in [-0.39, 0.29) is 12.4 Å². The molecule has 0 aliphatic heterocycles. The summed E-state index contributed by atoms with van der Waals surface area (Å²) in [5.74, 6) is -0.371. The molecule has 0 aliphatic rings. The lowest BCUT2D eigenvalue weighted by atomic mass is 10.2. The highest BCUT2D eigenvalue weighted by atomic mass is 16.5. The second-order valence-corrected chi connectivity index (χ2v) is 3.80. The number of esters is 1. The Kier molecular flexibility index (Phi) is 3.78. The van der Waals surface area contributed by atoms with Crippen LogP contribution in [-0.2, 0) is 11.2 Å². The molecule has 0 bridgehead atoms. The van der Waals surface area contributed by atoms with E-state index in [9.17, 15) is 4.79 Å². The van der Waals surface area contributed by atoms with Gasteiger partial charge < -0.3 is 14.3 Å². The van der Waals surface area contributed by atoms with Crippen molar-refractivity contribution in [3.05, 3.63) is 29.9 Å². The zero-order valence-electron chi connectivity index (χ0n) is 9.97. The molecule has 0 unspecified atom stereocenters. The molecule has 0 atom stereocenters. The highest BCUT2D eigenvalue weighted by Gasteiger charge is 2.13. The summed E-state index contributed by atoms with van der Waals surface area (Å²) >= 11 is 0. The monoisotopic (exact) mass is 250 g/mol. The molecule has 2 rings (SSSR count). The molecule has 2 heterocycles. The third kappa shape index (κ3) is 2.60. The van der Waals surface area contributed by atoms with Gasteiger partial charge in [0.15, 0.2) is 0 Å². The number of carbonyl (C=O) groups excluding carboxylic acids is 1. The second-order valence-electron chi connectivity index (χ2n) is 3.80. The van der Waals surface area contributed by atoms with Gasteiger partial charge in [-0.05, 0) is 18.9 Å². The van der Waals surface area contributed by atoms with E-state index in [1.165, 1.54) is 13.4 Å². The van der Waals surface area contributed by atoms with Crippen LogP contribution in [0.25, 0.3) is 11.3 Å². The number of methoxy groups -OCH3 is 1. The standard InChI is InChI=1S/C12H14N2O4/c1-17-12(16)11-5-8(7-18-11)10-6-9(13-14-10)3-2-4-15/h5-7,15H,2-4H2,1H3,(H,13,14). The molecular weight excluding hydrogens is 236 g/mol. The molecular formula is C12H14N2O4. The fourth-order valence-electron chi connectivity index (χ4n) is 1.59. The minimum absolute atomic E-state index is 0.145. The van der Waals surface area contributed by atoms with Crippen LogP contribution in [0.1, 0.15) is 22.7 Å². The lowest BCUT2D eigenvalue weighted by Crippen LogP contribution is -1.98. The number of aliphatic hydroxyl groups is 1. The Balaban J connectivity index is 2.13. The number of ether oxygens (including phenoxy) is 1. The molecule has 0 saturated heterocycles. The molecule has 0 radical (unpaired) electrons. The number of hydrogen-bond acceptors (Lipinski definition) is 5. The molecule has 0 amide bonds. The summed E-state index contributed by atoms with van der Waals surface area (Å²) in [5, 5.41) is 15.7. The number of aromatic nitrogens is 2. The number of nitrogens with one attached hydrogen (secondary N) is 1. The molecule has 0 aliphatic carbocycles. The third-order valence-electron chi connectivity index (χ3n) is 2.52. The van der Waals surface area contributed by atoms with Crippen LogP contribution in [0.15, 0.2) is 22.8 Å². The summed E-state index contributed by atoms with van der Waals surface area (Å²) in [7, 11) is 1.30. The Morgan fingerprint density at radius 1 is 1.56 bits per heavy atom. The van der Waals surface area contributed by atoms with Crippen molar-refractivity contribution < 1.29 is 19.1 Å². The topological polar surface area (TPSA) is 88.4 Å². The molecule has 6 heteroatoms. The molecule has 0 fully saturated rings. The van der Waals surface area contributed by atoms with Gasteiger partial charge in [0.05, 0.1) is 12.8 Å². The van der Waals surface area contributed by atoms with Gasteiger partial charge in [0.2, 0.25) is 5.76 Å². The maximum absolute atomic E-state index is 11.2. The first-order valence-electron chi connectivity index (χ1n) is 5.57. The molecule has 0 saturated carbocycles. The average Bonchev–Trinajstić information content (AvgIpc) is 3.03. The lowest BCUT2D eigenvalue weighted by molar-refractivity contribution is 0.0565. The van der Waals surface area contributed by atoms with Crippen LogP contribution in [0, 0.1) is 0 Å². The molecule has 6 nitrogen and oxygen atoms in total. The Hall–Kier alpha value is -2.08. The van der Waals surface area contributed by atoms with Crippen LogP contribution in [0.5, 0.6) is 0 Å². The summed E-state index contributed by atoms with van der Waals surface area (Å²) in [6.45, 7) is 0.145. The quantitative estimate of drug-likeness (QED) is 0.783. The summed E-state index contributed by atoms with van der Waals surface area (Å²) in [6, 6.07) is 3.44. The maximum atomic E-state index is 11.2. The van der Waals surface area contributed by atoms with Crippen molar-refractivity contribution in [1.82, 2.24) is 10.2 Å². The summed E-state index contributed by atoms with van der Waals surface area (Å²) in [4.78, 5) is 11.2. The molecule has 0 spiro atoms. The second kappa shape index (κ2) is 5.50. The van der Waals surface area contributed by atoms with E-state index >= 15 is 0 Å². The predicted octanol–water partition coefficient (Wildman–Crippen LogP) is 1.38. The summed E-state index contributed by atoms with van der Waals surface area (Å²) < 4.78 is 9.65. The normalized spacial score (nSPS) is 10.6. The fourth-order valence-corrected chi connectivity index (χ4v) is 1.59. The number of furan rings is 1. The van der Waals surface area contributed by atoms with E-state index in [0.29, 0.717) is 17.7 Å². The van der Waals surface area contributed by atoms with Gasteiger partial charge >= 0.3 is 5.97 Å². The maximum Gasteiger partial charge on any atom is 0.373 e. The number of H-pyrrole nitrogens is 1. The minimum atomic E-state index is -0.516. The van der Waals surface area contributed by atoms with Gasteiger partial charge in [0.25, 0.3) is 0 Å². The number of nitrogens with zero attached hydrogens (tertiary/aromatic N) is 1. The number of rotatable bonds is 5. The molecule has 2 aromatic rings. The first kappa shape index (κ1) is 12.4. The minimum Gasteiger partial charge on any atom is -0.463 e. The zero-order valence-corrected chi connectivity index (χ0v) is 9.97. The average molecular weight is 250 g/mol. The zero-order chi connectivity index (χ0) is 13.0. The van der Waals surface area contributed by atoms with E-state index in [1.54, 1.807) is 6.07 Å². The van der Waals surface area contributed by atoms with E-state index < -0.39 is 5.97 Å². The third-order valence-corrected chi connectivity index (χ3v) is 2.52. The van der Waals surface area contributed by atoms with Crippen molar-refractivity contribution in [2.45, 2.75) is 12.8 Å². The fraction of sp³-hybridized carbons (Fsp3) is 0.333. The number of carbonyl (C=O) groups is 1. The first-order chi connectivity index (χ1) is 8.74. The number of aryl methyl sites for hydroxylation is 1. The predicted molar refractivity (Wildman–Crippen MR) is 63.0 cm³/mol.